The molecule has 2 rings (SSSR count). The summed E-state index contributed by atoms with van der Waals surface area (Å²) in [6.07, 6.45) is 1.17. The summed E-state index contributed by atoms with van der Waals surface area (Å²) in [5, 5.41) is 12.2. The monoisotopic (exact) mass is 371 g/mol. The first kappa shape index (κ1) is 20.3. The summed E-state index contributed by atoms with van der Waals surface area (Å²) in [7, 11) is 3.15. The molecule has 0 fully saturated rings. The third-order valence-electron chi connectivity index (χ3n) is 4.35. The van der Waals surface area contributed by atoms with Gasteiger partial charge in [-0.2, -0.15) is 0 Å². The van der Waals surface area contributed by atoms with Crippen molar-refractivity contribution in [3.05, 3.63) is 59.7 Å². The van der Waals surface area contributed by atoms with Gasteiger partial charge in [0.15, 0.2) is 0 Å². The highest BCUT2D eigenvalue weighted by Gasteiger charge is 2.20. The van der Waals surface area contributed by atoms with Crippen LogP contribution in [0.15, 0.2) is 48.5 Å². The second-order valence-corrected chi connectivity index (χ2v) is 6.20. The molecule has 2 aromatic carbocycles. The smallest absolute Gasteiger partial charge is 0.308 e. The number of carbonyl (C=O) groups excluding carboxylic acids is 1. The number of aliphatic carboxylic acids is 1. The Kier molecular flexibility index (Phi) is 7.67. The van der Waals surface area contributed by atoms with Gasteiger partial charge in [0, 0.05) is 13.0 Å². The number of carboxylic acids is 1. The van der Waals surface area contributed by atoms with Crippen LogP contribution in [0, 0.1) is 5.92 Å². The lowest BCUT2D eigenvalue weighted by Crippen LogP contribution is -2.34. The van der Waals surface area contributed by atoms with Crippen LogP contribution in [0.3, 0.4) is 0 Å². The van der Waals surface area contributed by atoms with Crippen molar-refractivity contribution in [2.75, 3.05) is 20.8 Å². The molecule has 0 aliphatic rings. The van der Waals surface area contributed by atoms with E-state index < -0.39 is 11.9 Å². The van der Waals surface area contributed by atoms with Crippen molar-refractivity contribution >= 4 is 11.9 Å². The SMILES string of the molecule is COc1ccc(CCC(=O)NCC(Cc2ccccc2OC)C(=O)O)cc1. The van der Waals surface area contributed by atoms with Crippen molar-refractivity contribution in [1.29, 1.82) is 0 Å². The topological polar surface area (TPSA) is 84.9 Å². The fourth-order valence-corrected chi connectivity index (χ4v) is 2.76. The Morgan fingerprint density at radius 1 is 1.04 bits per heavy atom. The highest BCUT2D eigenvalue weighted by atomic mass is 16.5. The molecular weight excluding hydrogens is 346 g/mol. The Balaban J connectivity index is 1.85. The average Bonchev–Trinajstić information content (AvgIpc) is 2.69. The van der Waals surface area contributed by atoms with Gasteiger partial charge in [-0.3, -0.25) is 9.59 Å². The standard InChI is InChI=1S/C21H25NO5/c1-26-18-10-7-15(8-11-18)9-12-20(23)22-14-17(21(24)25)13-16-5-3-4-6-19(16)27-2/h3-8,10-11,17H,9,12-14H2,1-2H3,(H,22,23)(H,24,25). The third kappa shape index (κ3) is 6.33. The molecule has 0 spiro atoms. The minimum absolute atomic E-state index is 0.0782. The van der Waals surface area contributed by atoms with E-state index in [0.29, 0.717) is 18.6 Å². The molecule has 1 unspecified atom stereocenters. The number of ether oxygens (including phenoxy) is 2. The lowest BCUT2D eigenvalue weighted by atomic mass is 9.98. The fraction of sp³-hybridized carbons (Fsp3) is 0.333. The normalized spacial score (nSPS) is 11.5. The second-order valence-electron chi connectivity index (χ2n) is 6.20. The van der Waals surface area contributed by atoms with Crippen molar-refractivity contribution in [3.63, 3.8) is 0 Å². The van der Waals surface area contributed by atoms with Gasteiger partial charge in [0.1, 0.15) is 11.5 Å². The van der Waals surface area contributed by atoms with Gasteiger partial charge in [-0.05, 0) is 42.2 Å². The number of methoxy groups -OCH3 is 2. The molecule has 0 saturated carbocycles. The lowest BCUT2D eigenvalue weighted by Gasteiger charge is -2.15. The maximum absolute atomic E-state index is 12.1. The molecule has 27 heavy (non-hydrogen) atoms. The van der Waals surface area contributed by atoms with Gasteiger partial charge in [-0.25, -0.2) is 0 Å². The Labute approximate surface area is 159 Å². The minimum Gasteiger partial charge on any atom is -0.497 e. The third-order valence-corrected chi connectivity index (χ3v) is 4.35. The first-order valence-electron chi connectivity index (χ1n) is 8.77. The van der Waals surface area contributed by atoms with Gasteiger partial charge < -0.3 is 19.9 Å². The lowest BCUT2D eigenvalue weighted by molar-refractivity contribution is -0.141. The molecule has 0 radical (unpaired) electrons. The number of rotatable bonds is 10. The molecule has 6 heteroatoms. The van der Waals surface area contributed by atoms with E-state index in [-0.39, 0.29) is 18.9 Å². The maximum atomic E-state index is 12.1. The number of amides is 1. The van der Waals surface area contributed by atoms with Crippen LogP contribution < -0.4 is 14.8 Å². The van der Waals surface area contributed by atoms with Crippen molar-refractivity contribution in [2.45, 2.75) is 19.3 Å². The van der Waals surface area contributed by atoms with Crippen LogP contribution in [0.5, 0.6) is 11.5 Å². The number of carboxylic acid groups (broad SMARTS) is 1. The van der Waals surface area contributed by atoms with E-state index in [1.807, 2.05) is 42.5 Å². The molecule has 0 aromatic heterocycles. The first-order valence-corrected chi connectivity index (χ1v) is 8.77. The summed E-state index contributed by atoms with van der Waals surface area (Å²) in [5.74, 6) is -0.418. The Bertz CT molecular complexity index is 757. The molecule has 144 valence electrons. The van der Waals surface area contributed by atoms with Gasteiger partial charge in [-0.1, -0.05) is 30.3 Å². The summed E-state index contributed by atoms with van der Waals surface area (Å²) >= 11 is 0. The van der Waals surface area contributed by atoms with Crippen LogP contribution in [-0.4, -0.2) is 37.7 Å². The highest BCUT2D eigenvalue weighted by Crippen LogP contribution is 2.21. The zero-order chi connectivity index (χ0) is 19.6. The van der Waals surface area contributed by atoms with Crippen LogP contribution in [-0.2, 0) is 22.4 Å². The molecule has 0 bridgehead atoms. The molecule has 0 saturated heterocycles. The van der Waals surface area contributed by atoms with Crippen molar-refractivity contribution in [1.82, 2.24) is 5.32 Å². The van der Waals surface area contributed by atoms with Crippen LogP contribution in [0.2, 0.25) is 0 Å². The predicted molar refractivity (Wildman–Crippen MR) is 102 cm³/mol. The summed E-state index contributed by atoms with van der Waals surface area (Å²) in [4.78, 5) is 23.6. The number of aryl methyl sites for hydroxylation is 1. The molecule has 1 atom stereocenters. The molecule has 6 nitrogen and oxygen atoms in total. The predicted octanol–water partition coefficient (Wildman–Crippen LogP) is 2.70. The van der Waals surface area contributed by atoms with Gasteiger partial charge in [-0.15, -0.1) is 0 Å². The molecule has 2 N–H and O–H groups in total. The number of benzene rings is 2. The minimum atomic E-state index is -0.948. The summed E-state index contributed by atoms with van der Waals surface area (Å²) in [6, 6.07) is 14.8. The zero-order valence-electron chi connectivity index (χ0n) is 15.6. The molecule has 0 aliphatic heterocycles. The summed E-state index contributed by atoms with van der Waals surface area (Å²) < 4.78 is 10.4. The van der Waals surface area contributed by atoms with Crippen LogP contribution in [0.25, 0.3) is 0 Å². The van der Waals surface area contributed by atoms with E-state index in [4.69, 9.17) is 9.47 Å². The largest absolute Gasteiger partial charge is 0.497 e. The molecule has 0 aliphatic carbocycles. The number of hydrogen-bond acceptors (Lipinski definition) is 4. The molecule has 1 amide bonds. The number of para-hydroxylation sites is 1. The molecular formula is C21H25NO5. The van der Waals surface area contributed by atoms with Gasteiger partial charge in [0.25, 0.3) is 0 Å². The second kappa shape index (κ2) is 10.2. The van der Waals surface area contributed by atoms with Crippen LogP contribution in [0.4, 0.5) is 0 Å². The van der Waals surface area contributed by atoms with E-state index in [1.54, 1.807) is 20.3 Å². The average molecular weight is 371 g/mol. The Hall–Kier alpha value is -3.02. The van der Waals surface area contributed by atoms with Crippen molar-refractivity contribution in [3.8, 4) is 11.5 Å². The quantitative estimate of drug-likeness (QED) is 0.671. The summed E-state index contributed by atoms with van der Waals surface area (Å²) in [5.41, 5.74) is 1.83. The first-order chi connectivity index (χ1) is 13.0. The summed E-state index contributed by atoms with van der Waals surface area (Å²) in [6.45, 7) is 0.0782. The molecule has 0 heterocycles. The number of nitrogens with one attached hydrogen (secondary N) is 1. The van der Waals surface area contributed by atoms with Crippen LogP contribution in [0.1, 0.15) is 17.5 Å². The van der Waals surface area contributed by atoms with Crippen LogP contribution >= 0.6 is 0 Å². The van der Waals surface area contributed by atoms with Gasteiger partial charge in [0.2, 0.25) is 5.91 Å². The van der Waals surface area contributed by atoms with E-state index in [1.165, 1.54) is 0 Å². The Morgan fingerprint density at radius 3 is 2.37 bits per heavy atom. The maximum Gasteiger partial charge on any atom is 0.308 e. The van der Waals surface area contributed by atoms with Crippen molar-refractivity contribution in [2.24, 2.45) is 5.92 Å². The number of hydrogen-bond donors (Lipinski definition) is 2. The van der Waals surface area contributed by atoms with Crippen molar-refractivity contribution < 1.29 is 24.2 Å². The van der Waals surface area contributed by atoms with Gasteiger partial charge >= 0.3 is 5.97 Å². The van der Waals surface area contributed by atoms with E-state index in [0.717, 1.165) is 16.9 Å². The Morgan fingerprint density at radius 2 is 1.74 bits per heavy atom. The highest BCUT2D eigenvalue weighted by molar-refractivity contribution is 5.77. The van der Waals surface area contributed by atoms with E-state index >= 15 is 0 Å². The van der Waals surface area contributed by atoms with Gasteiger partial charge in [0.05, 0.1) is 20.1 Å². The fourth-order valence-electron chi connectivity index (χ4n) is 2.76. The molecule has 2 aromatic rings. The zero-order valence-corrected chi connectivity index (χ0v) is 15.6. The van der Waals surface area contributed by atoms with E-state index in [9.17, 15) is 14.7 Å². The number of carbonyl (C=O) groups is 2. The van der Waals surface area contributed by atoms with E-state index in [2.05, 4.69) is 5.32 Å².